The van der Waals surface area contributed by atoms with Crippen LogP contribution in [0.25, 0.3) is 0 Å². The molecule has 1 saturated carbocycles. The van der Waals surface area contributed by atoms with E-state index in [0.717, 1.165) is 12.8 Å². The molecule has 2 rings (SSSR count). The maximum Gasteiger partial charge on any atom is 0.315 e. The van der Waals surface area contributed by atoms with E-state index < -0.39 is 0 Å². The van der Waals surface area contributed by atoms with Crippen LogP contribution in [-0.2, 0) is 5.41 Å². The Hall–Kier alpha value is -1.62. The van der Waals surface area contributed by atoms with Crippen molar-refractivity contribution in [3.05, 3.63) is 35.6 Å². The monoisotopic (exact) mass is 294 g/mol. The fourth-order valence-electron chi connectivity index (χ4n) is 2.39. The second kappa shape index (κ2) is 6.43. The Balaban J connectivity index is 1.88. The van der Waals surface area contributed by atoms with Crippen molar-refractivity contribution in [3.63, 3.8) is 0 Å². The summed E-state index contributed by atoms with van der Waals surface area (Å²) in [4.78, 5) is 11.9. The van der Waals surface area contributed by atoms with Gasteiger partial charge in [-0.3, -0.25) is 0 Å². The van der Waals surface area contributed by atoms with Gasteiger partial charge >= 0.3 is 6.03 Å². The van der Waals surface area contributed by atoms with Crippen molar-refractivity contribution in [2.24, 2.45) is 5.92 Å². The number of halogens is 1. The number of aliphatic hydroxyl groups excluding tert-OH is 1. The molecular formula is C16H23FN2O2. The molecule has 21 heavy (non-hydrogen) atoms. The molecule has 0 radical (unpaired) electrons. The molecule has 0 saturated heterocycles. The van der Waals surface area contributed by atoms with Crippen LogP contribution >= 0.6 is 0 Å². The second-order valence-corrected chi connectivity index (χ2v) is 6.04. The van der Waals surface area contributed by atoms with E-state index in [1.807, 2.05) is 19.9 Å². The summed E-state index contributed by atoms with van der Waals surface area (Å²) in [5.41, 5.74) is 0.427. The minimum atomic E-state index is -0.273. The van der Waals surface area contributed by atoms with Gasteiger partial charge in [-0.1, -0.05) is 25.1 Å². The lowest BCUT2D eigenvalue weighted by Gasteiger charge is -2.22. The second-order valence-electron chi connectivity index (χ2n) is 6.04. The van der Waals surface area contributed by atoms with Crippen molar-refractivity contribution in [3.8, 4) is 0 Å². The number of rotatable bonds is 6. The summed E-state index contributed by atoms with van der Waals surface area (Å²) in [6.07, 6.45) is 1.77. The fraction of sp³-hybridized carbons (Fsp3) is 0.562. The predicted octanol–water partition coefficient (Wildman–Crippen LogP) is 2.17. The predicted molar refractivity (Wildman–Crippen MR) is 79.6 cm³/mol. The van der Waals surface area contributed by atoms with E-state index in [1.54, 1.807) is 12.1 Å². The maximum atomic E-state index is 13.9. The molecule has 1 aliphatic rings. The van der Waals surface area contributed by atoms with Gasteiger partial charge in [-0.15, -0.1) is 0 Å². The molecule has 0 aliphatic heterocycles. The van der Waals surface area contributed by atoms with Crippen LogP contribution in [0.2, 0.25) is 0 Å². The number of nitrogens with one attached hydrogen (secondary N) is 2. The SMILES string of the molecule is CC(CO)C(C)NC(=O)NCC1(c2ccccc2F)CC1. The van der Waals surface area contributed by atoms with Crippen molar-refractivity contribution < 1.29 is 14.3 Å². The maximum absolute atomic E-state index is 13.9. The number of amides is 2. The molecular weight excluding hydrogens is 271 g/mol. The van der Waals surface area contributed by atoms with Gasteiger partial charge in [0.1, 0.15) is 5.82 Å². The molecule has 4 nitrogen and oxygen atoms in total. The lowest BCUT2D eigenvalue weighted by atomic mass is 9.95. The largest absolute Gasteiger partial charge is 0.396 e. The van der Waals surface area contributed by atoms with Gasteiger partial charge in [0.25, 0.3) is 0 Å². The number of carbonyl (C=O) groups is 1. The van der Waals surface area contributed by atoms with Crippen molar-refractivity contribution >= 4 is 6.03 Å². The van der Waals surface area contributed by atoms with E-state index in [0.29, 0.717) is 12.1 Å². The Labute approximate surface area is 124 Å². The number of hydrogen-bond donors (Lipinski definition) is 3. The van der Waals surface area contributed by atoms with Crippen LogP contribution in [0.3, 0.4) is 0 Å². The third-order valence-corrected chi connectivity index (χ3v) is 4.39. The van der Waals surface area contributed by atoms with Crippen molar-refractivity contribution in [2.75, 3.05) is 13.2 Å². The number of aliphatic hydroxyl groups is 1. The van der Waals surface area contributed by atoms with Crippen molar-refractivity contribution in [1.29, 1.82) is 0 Å². The lowest BCUT2D eigenvalue weighted by molar-refractivity contribution is 0.200. The molecule has 1 aromatic carbocycles. The summed E-state index contributed by atoms with van der Waals surface area (Å²) < 4.78 is 13.9. The molecule has 0 spiro atoms. The fourth-order valence-corrected chi connectivity index (χ4v) is 2.39. The number of carbonyl (C=O) groups excluding carboxylic acids is 1. The Kier molecular flexibility index (Phi) is 4.83. The number of hydrogen-bond acceptors (Lipinski definition) is 2. The van der Waals surface area contributed by atoms with Crippen LogP contribution in [0.4, 0.5) is 9.18 Å². The van der Waals surface area contributed by atoms with Gasteiger partial charge in [-0.25, -0.2) is 9.18 Å². The average molecular weight is 294 g/mol. The van der Waals surface area contributed by atoms with E-state index >= 15 is 0 Å². The van der Waals surface area contributed by atoms with Gasteiger partial charge in [0, 0.05) is 24.6 Å². The average Bonchev–Trinajstić information content (AvgIpc) is 3.25. The van der Waals surface area contributed by atoms with Crippen LogP contribution < -0.4 is 10.6 Å². The van der Waals surface area contributed by atoms with Crippen molar-refractivity contribution in [1.82, 2.24) is 10.6 Å². The summed E-state index contributed by atoms with van der Waals surface area (Å²) in [7, 11) is 0. The van der Waals surface area contributed by atoms with Gasteiger partial charge in [-0.2, -0.15) is 0 Å². The van der Waals surface area contributed by atoms with Gasteiger partial charge < -0.3 is 15.7 Å². The lowest BCUT2D eigenvalue weighted by Crippen LogP contribution is -2.46. The quantitative estimate of drug-likeness (QED) is 0.753. The highest BCUT2D eigenvalue weighted by Gasteiger charge is 2.46. The molecule has 1 aromatic rings. The molecule has 1 fully saturated rings. The minimum absolute atomic E-state index is 0.00259. The molecule has 0 aromatic heterocycles. The molecule has 3 N–H and O–H groups in total. The zero-order valence-corrected chi connectivity index (χ0v) is 12.5. The van der Waals surface area contributed by atoms with E-state index in [4.69, 9.17) is 5.11 Å². The molecule has 5 heteroatoms. The highest BCUT2D eigenvalue weighted by molar-refractivity contribution is 5.74. The molecule has 116 valence electrons. The first-order valence-corrected chi connectivity index (χ1v) is 7.39. The van der Waals surface area contributed by atoms with Gasteiger partial charge in [0.15, 0.2) is 0 Å². The minimum Gasteiger partial charge on any atom is -0.396 e. The molecule has 2 amide bonds. The summed E-state index contributed by atoms with van der Waals surface area (Å²) in [6, 6.07) is 6.36. The summed E-state index contributed by atoms with van der Waals surface area (Å²) in [5.74, 6) is -0.211. The summed E-state index contributed by atoms with van der Waals surface area (Å²) >= 11 is 0. The highest BCUT2D eigenvalue weighted by atomic mass is 19.1. The Morgan fingerprint density at radius 1 is 1.38 bits per heavy atom. The van der Waals surface area contributed by atoms with Crippen LogP contribution in [0, 0.1) is 11.7 Å². The third kappa shape index (κ3) is 3.73. The van der Waals surface area contributed by atoms with Crippen molar-refractivity contribution in [2.45, 2.75) is 38.1 Å². The summed E-state index contributed by atoms with van der Waals surface area (Å²) in [6.45, 7) is 4.18. The molecule has 0 heterocycles. The van der Waals surface area contributed by atoms with E-state index in [2.05, 4.69) is 10.6 Å². The Bertz CT molecular complexity index is 503. The molecule has 1 aliphatic carbocycles. The smallest absolute Gasteiger partial charge is 0.315 e. The van der Waals surface area contributed by atoms with Gasteiger partial charge in [-0.05, 0) is 37.3 Å². The Morgan fingerprint density at radius 2 is 2.05 bits per heavy atom. The molecule has 2 atom stereocenters. The van der Waals surface area contributed by atoms with Crippen LogP contribution in [0.15, 0.2) is 24.3 Å². The number of urea groups is 1. The van der Waals surface area contributed by atoms with E-state index in [1.165, 1.54) is 6.07 Å². The zero-order chi connectivity index (χ0) is 15.5. The first-order valence-electron chi connectivity index (χ1n) is 7.39. The zero-order valence-electron chi connectivity index (χ0n) is 12.5. The summed E-state index contributed by atoms with van der Waals surface area (Å²) in [5, 5.41) is 14.7. The van der Waals surface area contributed by atoms with E-state index in [9.17, 15) is 9.18 Å². The highest BCUT2D eigenvalue weighted by Crippen LogP contribution is 2.48. The van der Waals surface area contributed by atoms with Gasteiger partial charge in [0.2, 0.25) is 0 Å². The van der Waals surface area contributed by atoms with Gasteiger partial charge in [0.05, 0.1) is 0 Å². The van der Waals surface area contributed by atoms with Crippen LogP contribution in [-0.4, -0.2) is 30.3 Å². The topological polar surface area (TPSA) is 61.4 Å². The first-order chi connectivity index (χ1) is 9.98. The van der Waals surface area contributed by atoms with E-state index in [-0.39, 0.29) is 35.8 Å². The standard InChI is InChI=1S/C16H23FN2O2/c1-11(9-20)12(2)19-15(21)18-10-16(7-8-16)13-5-3-4-6-14(13)17/h3-6,11-12,20H,7-10H2,1-2H3,(H2,18,19,21). The third-order valence-electron chi connectivity index (χ3n) is 4.39. The molecule has 2 unspecified atom stereocenters. The normalized spacial score (nSPS) is 18.7. The Morgan fingerprint density at radius 3 is 2.62 bits per heavy atom. The first kappa shape index (κ1) is 15.8. The molecule has 0 bridgehead atoms. The van der Waals surface area contributed by atoms with Crippen LogP contribution in [0.1, 0.15) is 32.3 Å². The van der Waals surface area contributed by atoms with Crippen LogP contribution in [0.5, 0.6) is 0 Å². The number of benzene rings is 1.